The molecule has 3 nitrogen and oxygen atoms in total. The zero-order valence-corrected chi connectivity index (χ0v) is 9.80. The monoisotopic (exact) mass is 229 g/mol. The Morgan fingerprint density at radius 3 is 2.76 bits per heavy atom. The first-order valence-electron chi connectivity index (χ1n) is 5.92. The maximum absolute atomic E-state index is 12.0. The number of hydrogen-bond acceptors (Lipinski definition) is 2. The van der Waals surface area contributed by atoms with E-state index in [1.807, 2.05) is 30.5 Å². The summed E-state index contributed by atoms with van der Waals surface area (Å²) in [5.41, 5.74) is 0.911. The Balaban J connectivity index is 1.86. The lowest BCUT2D eigenvalue weighted by molar-refractivity contribution is -0.118. The molecule has 1 aliphatic heterocycles. The third-order valence-electron chi connectivity index (χ3n) is 3.52. The van der Waals surface area contributed by atoms with E-state index >= 15 is 0 Å². The number of hydrogen-bond donors (Lipinski definition) is 0. The molecule has 1 aromatic rings. The van der Waals surface area contributed by atoms with Crippen LogP contribution in [0.3, 0.4) is 0 Å². The molecule has 1 heterocycles. The van der Waals surface area contributed by atoms with Crippen molar-refractivity contribution in [3.8, 4) is 5.75 Å². The molecule has 2 unspecified atom stereocenters. The molecule has 1 aromatic carbocycles. The van der Waals surface area contributed by atoms with Crippen LogP contribution < -0.4 is 9.64 Å². The molecule has 2 atom stereocenters. The highest BCUT2D eigenvalue weighted by molar-refractivity contribution is 5.96. The summed E-state index contributed by atoms with van der Waals surface area (Å²) in [7, 11) is 1.64. The van der Waals surface area contributed by atoms with Gasteiger partial charge in [0.05, 0.1) is 7.11 Å². The number of carbonyl (C=O) groups is 1. The van der Waals surface area contributed by atoms with Crippen LogP contribution in [0.15, 0.2) is 36.5 Å². The number of fused-ring (bicyclic) bond motifs is 1. The number of ether oxygens (including phenoxy) is 1. The minimum atomic E-state index is 0.191. The fraction of sp³-hybridized carbons (Fsp3) is 0.357. The van der Waals surface area contributed by atoms with E-state index < -0.39 is 0 Å². The van der Waals surface area contributed by atoms with Crippen LogP contribution in [0.1, 0.15) is 12.8 Å². The summed E-state index contributed by atoms with van der Waals surface area (Å²) in [5, 5.41) is 0. The molecule has 3 heteroatoms. The fourth-order valence-electron chi connectivity index (χ4n) is 2.32. The minimum absolute atomic E-state index is 0.191. The zero-order valence-electron chi connectivity index (χ0n) is 9.80. The second kappa shape index (κ2) is 3.91. The Morgan fingerprint density at radius 1 is 1.29 bits per heavy atom. The van der Waals surface area contributed by atoms with Crippen LogP contribution in [-0.2, 0) is 4.79 Å². The first-order chi connectivity index (χ1) is 8.28. The van der Waals surface area contributed by atoms with Crippen LogP contribution in [-0.4, -0.2) is 13.0 Å². The van der Waals surface area contributed by atoms with Crippen LogP contribution in [0.5, 0.6) is 5.75 Å². The number of rotatable bonds is 2. The molecule has 0 saturated heterocycles. The van der Waals surface area contributed by atoms with Gasteiger partial charge in [-0.15, -0.1) is 0 Å². The maximum Gasteiger partial charge on any atom is 0.231 e. The van der Waals surface area contributed by atoms with Gasteiger partial charge in [-0.25, -0.2) is 0 Å². The number of benzene rings is 1. The van der Waals surface area contributed by atoms with E-state index in [2.05, 4.69) is 6.08 Å². The molecule has 0 aromatic heterocycles. The quantitative estimate of drug-likeness (QED) is 0.780. The summed E-state index contributed by atoms with van der Waals surface area (Å²) in [6.45, 7) is 0. The van der Waals surface area contributed by atoms with E-state index in [4.69, 9.17) is 4.74 Å². The van der Waals surface area contributed by atoms with Gasteiger partial charge in [-0.05, 0) is 42.5 Å². The average molecular weight is 229 g/mol. The van der Waals surface area contributed by atoms with Crippen molar-refractivity contribution in [1.82, 2.24) is 0 Å². The number of carbonyl (C=O) groups excluding carboxylic acids is 1. The van der Waals surface area contributed by atoms with Crippen molar-refractivity contribution >= 4 is 11.6 Å². The number of amides is 1. The van der Waals surface area contributed by atoms with Crippen molar-refractivity contribution in [3.63, 3.8) is 0 Å². The van der Waals surface area contributed by atoms with E-state index in [1.54, 1.807) is 12.0 Å². The minimum Gasteiger partial charge on any atom is -0.497 e. The van der Waals surface area contributed by atoms with Gasteiger partial charge in [-0.2, -0.15) is 0 Å². The standard InChI is InChI=1S/C14H15NO2/c1-17-13-4-2-12(3-5-13)15-7-6-10-8-11(10)9-14(15)16/h2-7,10-11H,8-9H2,1H3. The lowest BCUT2D eigenvalue weighted by Gasteiger charge is -2.17. The molecule has 1 aliphatic carbocycles. The largest absolute Gasteiger partial charge is 0.497 e. The summed E-state index contributed by atoms with van der Waals surface area (Å²) in [5.74, 6) is 2.21. The Labute approximate surface area is 101 Å². The molecule has 3 rings (SSSR count). The number of nitrogens with zero attached hydrogens (tertiary/aromatic N) is 1. The number of allylic oxidation sites excluding steroid dienone is 1. The highest BCUT2D eigenvalue weighted by Gasteiger charge is 2.39. The van der Waals surface area contributed by atoms with Gasteiger partial charge in [0.25, 0.3) is 0 Å². The summed E-state index contributed by atoms with van der Waals surface area (Å²) < 4.78 is 5.11. The van der Waals surface area contributed by atoms with E-state index in [9.17, 15) is 4.79 Å². The van der Waals surface area contributed by atoms with Gasteiger partial charge >= 0.3 is 0 Å². The number of methoxy groups -OCH3 is 1. The van der Waals surface area contributed by atoms with Crippen LogP contribution >= 0.6 is 0 Å². The molecular weight excluding hydrogens is 214 g/mol. The predicted octanol–water partition coefficient (Wildman–Crippen LogP) is 2.58. The van der Waals surface area contributed by atoms with E-state index in [0.717, 1.165) is 11.4 Å². The van der Waals surface area contributed by atoms with Crippen molar-refractivity contribution in [1.29, 1.82) is 0 Å². The van der Waals surface area contributed by atoms with Gasteiger partial charge in [-0.3, -0.25) is 9.69 Å². The molecule has 0 spiro atoms. The summed E-state index contributed by atoms with van der Waals surface area (Å²) >= 11 is 0. The van der Waals surface area contributed by atoms with Gasteiger partial charge in [0.15, 0.2) is 0 Å². The highest BCUT2D eigenvalue weighted by Crippen LogP contribution is 2.44. The second-order valence-corrected chi connectivity index (χ2v) is 4.67. The smallest absolute Gasteiger partial charge is 0.231 e. The molecule has 1 fully saturated rings. The van der Waals surface area contributed by atoms with Gasteiger partial charge in [0.1, 0.15) is 5.75 Å². The van der Waals surface area contributed by atoms with Crippen LogP contribution in [0.2, 0.25) is 0 Å². The average Bonchev–Trinajstić information content (AvgIpc) is 3.08. The lowest BCUT2D eigenvalue weighted by Crippen LogP contribution is -2.24. The molecular formula is C14H15NO2. The van der Waals surface area contributed by atoms with Crippen LogP contribution in [0.25, 0.3) is 0 Å². The summed E-state index contributed by atoms with van der Waals surface area (Å²) in [6, 6.07) is 7.58. The first kappa shape index (κ1) is 10.4. The Bertz CT molecular complexity index is 464. The van der Waals surface area contributed by atoms with Gasteiger partial charge in [0.2, 0.25) is 5.91 Å². The summed E-state index contributed by atoms with van der Waals surface area (Å²) in [6.07, 6.45) is 5.92. The third-order valence-corrected chi connectivity index (χ3v) is 3.52. The van der Waals surface area contributed by atoms with E-state index in [0.29, 0.717) is 18.3 Å². The first-order valence-corrected chi connectivity index (χ1v) is 5.92. The second-order valence-electron chi connectivity index (χ2n) is 4.67. The van der Waals surface area contributed by atoms with Crippen LogP contribution in [0.4, 0.5) is 5.69 Å². The Morgan fingerprint density at radius 2 is 2.06 bits per heavy atom. The topological polar surface area (TPSA) is 29.5 Å². The molecule has 17 heavy (non-hydrogen) atoms. The number of anilines is 1. The molecule has 1 amide bonds. The zero-order chi connectivity index (χ0) is 11.8. The SMILES string of the molecule is COc1ccc(N2C=CC3CC3CC2=O)cc1. The van der Waals surface area contributed by atoms with E-state index in [1.165, 1.54) is 6.42 Å². The lowest BCUT2D eigenvalue weighted by atomic mass is 10.2. The Hall–Kier alpha value is -1.77. The third kappa shape index (κ3) is 1.93. The predicted molar refractivity (Wildman–Crippen MR) is 65.8 cm³/mol. The van der Waals surface area contributed by atoms with Crippen molar-refractivity contribution in [2.75, 3.05) is 12.0 Å². The van der Waals surface area contributed by atoms with Crippen molar-refractivity contribution in [2.45, 2.75) is 12.8 Å². The van der Waals surface area contributed by atoms with E-state index in [-0.39, 0.29) is 5.91 Å². The van der Waals surface area contributed by atoms with Gasteiger partial charge in [0, 0.05) is 18.3 Å². The van der Waals surface area contributed by atoms with Crippen molar-refractivity contribution in [2.24, 2.45) is 11.8 Å². The van der Waals surface area contributed by atoms with Gasteiger partial charge < -0.3 is 4.74 Å². The molecule has 0 N–H and O–H groups in total. The highest BCUT2D eigenvalue weighted by atomic mass is 16.5. The normalized spacial score (nSPS) is 26.4. The summed E-state index contributed by atoms with van der Waals surface area (Å²) in [4.78, 5) is 13.8. The van der Waals surface area contributed by atoms with Crippen LogP contribution in [0, 0.1) is 11.8 Å². The van der Waals surface area contributed by atoms with Gasteiger partial charge in [-0.1, -0.05) is 6.08 Å². The molecule has 0 bridgehead atoms. The molecule has 2 aliphatic rings. The maximum atomic E-state index is 12.0. The van der Waals surface area contributed by atoms with Crippen molar-refractivity contribution < 1.29 is 9.53 Å². The Kier molecular flexibility index (Phi) is 2.39. The molecule has 88 valence electrons. The molecule has 1 saturated carbocycles. The van der Waals surface area contributed by atoms with Crippen molar-refractivity contribution in [3.05, 3.63) is 36.5 Å². The molecule has 0 radical (unpaired) electrons. The fourth-order valence-corrected chi connectivity index (χ4v) is 2.32.